The van der Waals surface area contributed by atoms with Crippen LogP contribution in [0.15, 0.2) is 48.8 Å². The fourth-order valence-electron chi connectivity index (χ4n) is 5.59. The second-order valence-electron chi connectivity index (χ2n) is 12.0. The number of nitrogens with two attached hydrogens (primary N) is 1. The number of benzene rings is 1. The number of amides is 2. The van der Waals surface area contributed by atoms with Crippen molar-refractivity contribution >= 4 is 35.1 Å². The highest BCUT2D eigenvalue weighted by Gasteiger charge is 2.52. The van der Waals surface area contributed by atoms with E-state index < -0.39 is 17.0 Å². The Morgan fingerprint density at radius 1 is 1.08 bits per heavy atom. The van der Waals surface area contributed by atoms with Gasteiger partial charge in [-0.1, -0.05) is 23.7 Å². The van der Waals surface area contributed by atoms with Gasteiger partial charge in [0.2, 0.25) is 11.8 Å². The number of nitrogens with one attached hydrogen (secondary N) is 1. The zero-order chi connectivity index (χ0) is 28.4. The Hall–Kier alpha value is -2.97. The number of rotatable bonds is 8. The lowest BCUT2D eigenvalue weighted by molar-refractivity contribution is -0.173. The molecule has 2 aliphatic carbocycles. The number of anilines is 1. The van der Waals surface area contributed by atoms with E-state index in [0.29, 0.717) is 36.4 Å². The van der Waals surface area contributed by atoms with Crippen molar-refractivity contribution in [3.63, 3.8) is 0 Å². The molecule has 1 aromatic heterocycles. The average molecular weight is 555 g/mol. The minimum atomic E-state index is -1.32. The molecule has 2 aromatic rings. The van der Waals surface area contributed by atoms with Crippen molar-refractivity contribution in [3.05, 3.63) is 59.4 Å². The Morgan fingerprint density at radius 2 is 1.67 bits per heavy atom. The molecular formula is C30H39ClN4O4. The van der Waals surface area contributed by atoms with Gasteiger partial charge in [-0.25, -0.2) is 0 Å². The highest BCUT2D eigenvalue weighted by Crippen LogP contribution is 2.51. The number of aromatic nitrogens is 1. The maximum Gasteiger partial charge on any atom is 0.322 e. The van der Waals surface area contributed by atoms with Gasteiger partial charge in [-0.2, -0.15) is 0 Å². The van der Waals surface area contributed by atoms with Gasteiger partial charge < -0.3 is 20.7 Å². The molecule has 9 heteroatoms. The standard InChI is InChI=1S/C30H39ClN4O4/c1-28(2,3)39-27(38)29(26(37)34-23-11-17-33-18-12-23)13-9-20(10-14-29)24(32)19-25(36)35(4)30(15-16-30)21-5-7-22(31)8-6-21/h5-8,11-12,17-18,20,24H,9-10,13-16,19,32H2,1-4H3,(H,33,34,37). The highest BCUT2D eigenvalue weighted by atomic mass is 35.5. The Balaban J connectivity index is 1.42. The predicted molar refractivity (Wildman–Crippen MR) is 151 cm³/mol. The van der Waals surface area contributed by atoms with Gasteiger partial charge in [0.15, 0.2) is 0 Å². The van der Waals surface area contributed by atoms with Crippen LogP contribution >= 0.6 is 11.6 Å². The topological polar surface area (TPSA) is 115 Å². The second kappa shape index (κ2) is 11.3. The summed E-state index contributed by atoms with van der Waals surface area (Å²) in [5.74, 6) is -0.904. The summed E-state index contributed by atoms with van der Waals surface area (Å²) in [6, 6.07) is 10.7. The van der Waals surface area contributed by atoms with Crippen molar-refractivity contribution in [1.29, 1.82) is 0 Å². The van der Waals surface area contributed by atoms with Gasteiger partial charge in [0.1, 0.15) is 11.0 Å². The first-order chi connectivity index (χ1) is 18.4. The molecule has 1 unspecified atom stereocenters. The van der Waals surface area contributed by atoms with Crippen LogP contribution in [0.3, 0.4) is 0 Å². The van der Waals surface area contributed by atoms with Crippen LogP contribution in [-0.4, -0.2) is 46.4 Å². The molecule has 4 rings (SSSR count). The Morgan fingerprint density at radius 3 is 2.21 bits per heavy atom. The zero-order valence-electron chi connectivity index (χ0n) is 23.2. The normalized spacial score (nSPS) is 22.9. The number of esters is 1. The third-order valence-corrected chi connectivity index (χ3v) is 8.44. The van der Waals surface area contributed by atoms with E-state index in [0.717, 1.165) is 18.4 Å². The van der Waals surface area contributed by atoms with Crippen LogP contribution < -0.4 is 11.1 Å². The predicted octanol–water partition coefficient (Wildman–Crippen LogP) is 5.06. The summed E-state index contributed by atoms with van der Waals surface area (Å²) in [5, 5.41) is 3.54. The van der Waals surface area contributed by atoms with E-state index in [1.807, 2.05) is 36.2 Å². The molecule has 0 radical (unpaired) electrons. The summed E-state index contributed by atoms with van der Waals surface area (Å²) in [4.78, 5) is 46.0. The maximum absolute atomic E-state index is 13.5. The van der Waals surface area contributed by atoms with Crippen LogP contribution in [0, 0.1) is 11.3 Å². The minimum absolute atomic E-state index is 0.00522. The molecule has 1 heterocycles. The average Bonchev–Trinajstić information content (AvgIpc) is 3.70. The molecule has 1 atom stereocenters. The third kappa shape index (κ3) is 6.44. The fraction of sp³-hybridized carbons (Fsp3) is 0.533. The van der Waals surface area contributed by atoms with E-state index in [2.05, 4.69) is 10.3 Å². The number of carbonyl (C=O) groups is 3. The Bertz CT molecular complexity index is 1180. The first kappa shape index (κ1) is 29.0. The van der Waals surface area contributed by atoms with Crippen molar-refractivity contribution in [3.8, 4) is 0 Å². The zero-order valence-corrected chi connectivity index (χ0v) is 24.0. The van der Waals surface area contributed by atoms with E-state index in [9.17, 15) is 14.4 Å². The Labute approximate surface area is 235 Å². The van der Waals surface area contributed by atoms with Gasteiger partial charge in [0.05, 0.1) is 5.54 Å². The largest absolute Gasteiger partial charge is 0.459 e. The molecule has 2 saturated carbocycles. The monoisotopic (exact) mass is 554 g/mol. The number of hydrogen-bond donors (Lipinski definition) is 2. The number of carbonyl (C=O) groups excluding carboxylic acids is 3. The molecule has 0 spiro atoms. The molecule has 8 nitrogen and oxygen atoms in total. The lowest BCUT2D eigenvalue weighted by atomic mass is 9.67. The SMILES string of the molecule is CN(C(=O)CC(N)C1CCC(C(=O)Nc2ccncc2)(C(=O)OC(C)(C)C)CC1)C1(c2ccc(Cl)cc2)CC1. The summed E-state index contributed by atoms with van der Waals surface area (Å²) in [7, 11) is 1.84. The van der Waals surface area contributed by atoms with Crippen LogP contribution in [0.5, 0.6) is 0 Å². The molecule has 2 amide bonds. The molecule has 2 fully saturated rings. The molecule has 1 aromatic carbocycles. The molecule has 0 bridgehead atoms. The molecule has 0 saturated heterocycles. The van der Waals surface area contributed by atoms with Crippen LogP contribution in [0.4, 0.5) is 5.69 Å². The first-order valence-corrected chi connectivity index (χ1v) is 14.0. The number of hydrogen-bond acceptors (Lipinski definition) is 6. The number of nitrogens with zero attached hydrogens (tertiary/aromatic N) is 2. The van der Waals surface area contributed by atoms with E-state index >= 15 is 0 Å². The summed E-state index contributed by atoms with van der Waals surface area (Å²) >= 11 is 6.06. The van der Waals surface area contributed by atoms with E-state index in [-0.39, 0.29) is 35.7 Å². The van der Waals surface area contributed by atoms with Gasteiger partial charge in [0.25, 0.3) is 0 Å². The molecular weight excluding hydrogens is 516 g/mol. The number of halogens is 1. The molecule has 3 N–H and O–H groups in total. The van der Waals surface area contributed by atoms with Crippen molar-refractivity contribution in [2.45, 2.75) is 82.9 Å². The van der Waals surface area contributed by atoms with Gasteiger partial charge >= 0.3 is 5.97 Å². The van der Waals surface area contributed by atoms with Crippen molar-refractivity contribution in [2.75, 3.05) is 12.4 Å². The van der Waals surface area contributed by atoms with E-state index in [1.54, 1.807) is 45.3 Å². The molecule has 2 aliphatic rings. The van der Waals surface area contributed by atoms with Crippen molar-refractivity contribution < 1.29 is 19.1 Å². The van der Waals surface area contributed by atoms with Crippen LogP contribution in [0.1, 0.15) is 71.3 Å². The smallest absolute Gasteiger partial charge is 0.322 e. The second-order valence-corrected chi connectivity index (χ2v) is 12.4. The van der Waals surface area contributed by atoms with Gasteiger partial charge in [-0.3, -0.25) is 19.4 Å². The highest BCUT2D eigenvalue weighted by molar-refractivity contribution is 6.30. The van der Waals surface area contributed by atoms with Crippen LogP contribution in [0.2, 0.25) is 5.02 Å². The quantitative estimate of drug-likeness (QED) is 0.348. The van der Waals surface area contributed by atoms with E-state index in [1.165, 1.54) is 0 Å². The van der Waals surface area contributed by atoms with Crippen molar-refractivity contribution in [1.82, 2.24) is 9.88 Å². The molecule has 0 aliphatic heterocycles. The molecule has 39 heavy (non-hydrogen) atoms. The minimum Gasteiger partial charge on any atom is -0.459 e. The van der Waals surface area contributed by atoms with Crippen LogP contribution in [-0.2, 0) is 24.7 Å². The fourth-order valence-corrected chi connectivity index (χ4v) is 5.71. The summed E-state index contributed by atoms with van der Waals surface area (Å²) in [6.45, 7) is 5.37. The lowest BCUT2D eigenvalue weighted by Gasteiger charge is -2.40. The van der Waals surface area contributed by atoms with Crippen LogP contribution in [0.25, 0.3) is 0 Å². The molecule has 210 valence electrons. The first-order valence-electron chi connectivity index (χ1n) is 13.6. The Kier molecular flexibility index (Phi) is 8.38. The van der Waals surface area contributed by atoms with E-state index in [4.69, 9.17) is 22.1 Å². The van der Waals surface area contributed by atoms with Gasteiger partial charge in [-0.15, -0.1) is 0 Å². The third-order valence-electron chi connectivity index (χ3n) is 8.18. The summed E-state index contributed by atoms with van der Waals surface area (Å²) in [5.41, 5.74) is 5.89. The summed E-state index contributed by atoms with van der Waals surface area (Å²) < 4.78 is 5.71. The number of ether oxygens (including phenoxy) is 1. The lowest BCUT2D eigenvalue weighted by Crippen LogP contribution is -2.50. The van der Waals surface area contributed by atoms with Crippen molar-refractivity contribution in [2.24, 2.45) is 17.1 Å². The number of pyridine rings is 1. The summed E-state index contributed by atoms with van der Waals surface area (Å²) in [6.07, 6.45) is 6.87. The van der Waals surface area contributed by atoms with Gasteiger partial charge in [0, 0.05) is 42.6 Å². The maximum atomic E-state index is 13.5. The van der Waals surface area contributed by atoms with Gasteiger partial charge in [-0.05, 0) is 95.0 Å².